The van der Waals surface area contributed by atoms with Gasteiger partial charge in [-0.15, -0.1) is 0 Å². The number of β-amino-alcohol motifs (C(OH)–C–C–N with tert-alkyl or cyclic N) is 1. The number of fused-ring (bicyclic) bond motifs is 2. The lowest BCUT2D eigenvalue weighted by atomic mass is 9.76. The summed E-state index contributed by atoms with van der Waals surface area (Å²) in [7, 11) is 0. The highest BCUT2D eigenvalue weighted by Gasteiger charge is 2.45. The van der Waals surface area contributed by atoms with Gasteiger partial charge < -0.3 is 15.3 Å². The number of benzene rings is 1. The van der Waals surface area contributed by atoms with Crippen LogP contribution in [-0.4, -0.2) is 55.2 Å². The number of nitrogens with zero attached hydrogens (tertiary/aromatic N) is 4. The summed E-state index contributed by atoms with van der Waals surface area (Å²) in [6.45, 7) is 1.17. The third-order valence-electron chi connectivity index (χ3n) is 6.26. The van der Waals surface area contributed by atoms with Crippen molar-refractivity contribution in [1.82, 2.24) is 24.8 Å². The third kappa shape index (κ3) is 3.45. The lowest BCUT2D eigenvalue weighted by molar-refractivity contribution is -0.138. The maximum atomic E-state index is 12.9. The third-order valence-corrected chi connectivity index (χ3v) is 6.26. The van der Waals surface area contributed by atoms with Crippen molar-refractivity contribution in [1.29, 1.82) is 0 Å². The minimum Gasteiger partial charge on any atom is -0.389 e. The summed E-state index contributed by atoms with van der Waals surface area (Å²) < 4.78 is 39.6. The van der Waals surface area contributed by atoms with Crippen LogP contribution in [0.3, 0.4) is 0 Å². The molecule has 1 aromatic carbocycles. The monoisotopic (exact) mass is 431 g/mol. The van der Waals surface area contributed by atoms with Crippen LogP contribution >= 0.6 is 0 Å². The number of hydrogen-bond acceptors (Lipinski definition) is 5. The van der Waals surface area contributed by atoms with Gasteiger partial charge >= 0.3 is 6.18 Å². The van der Waals surface area contributed by atoms with Crippen LogP contribution in [0.25, 0.3) is 5.65 Å². The van der Waals surface area contributed by atoms with Gasteiger partial charge in [-0.2, -0.15) is 18.3 Å². The minimum absolute atomic E-state index is 0.00285. The molecule has 3 aromatic rings. The van der Waals surface area contributed by atoms with Crippen LogP contribution in [0.1, 0.15) is 33.6 Å². The summed E-state index contributed by atoms with van der Waals surface area (Å²) in [5.41, 5.74) is 1.09. The van der Waals surface area contributed by atoms with Crippen LogP contribution in [0, 0.1) is 0 Å². The first-order chi connectivity index (χ1) is 14.7. The topological polar surface area (TPSA) is 82.8 Å². The van der Waals surface area contributed by atoms with Gasteiger partial charge in [-0.25, -0.2) is 9.50 Å². The summed E-state index contributed by atoms with van der Waals surface area (Å²) in [5, 5.41) is 18.4. The van der Waals surface area contributed by atoms with Crippen molar-refractivity contribution in [2.75, 3.05) is 13.1 Å². The molecule has 0 unspecified atom stereocenters. The van der Waals surface area contributed by atoms with Crippen LogP contribution in [0.2, 0.25) is 0 Å². The van der Waals surface area contributed by atoms with Crippen LogP contribution in [0.5, 0.6) is 0 Å². The number of halogens is 3. The normalized spacial score (nSPS) is 23.9. The quantitative estimate of drug-likeness (QED) is 0.616. The fourth-order valence-corrected chi connectivity index (χ4v) is 4.44. The van der Waals surface area contributed by atoms with E-state index in [1.807, 2.05) is 12.1 Å². The van der Waals surface area contributed by atoms with Gasteiger partial charge in [-0.1, -0.05) is 24.3 Å². The van der Waals surface area contributed by atoms with Gasteiger partial charge in [-0.05, 0) is 24.0 Å². The van der Waals surface area contributed by atoms with E-state index in [9.17, 15) is 23.1 Å². The fourth-order valence-electron chi connectivity index (χ4n) is 4.44. The van der Waals surface area contributed by atoms with Crippen LogP contribution in [0.15, 0.2) is 42.7 Å². The number of hydrogen-bond donors (Lipinski definition) is 2. The number of carbonyl (C=O) groups is 1. The van der Waals surface area contributed by atoms with Crippen molar-refractivity contribution in [3.8, 4) is 0 Å². The molecule has 2 aliphatic rings. The van der Waals surface area contributed by atoms with E-state index in [4.69, 9.17) is 0 Å². The molecule has 4 heterocycles. The second-order valence-corrected chi connectivity index (χ2v) is 8.14. The first kappa shape index (κ1) is 20.0. The van der Waals surface area contributed by atoms with Crippen molar-refractivity contribution >= 4 is 11.6 Å². The Morgan fingerprint density at radius 3 is 2.77 bits per heavy atom. The van der Waals surface area contributed by atoms with E-state index in [1.165, 1.54) is 22.1 Å². The van der Waals surface area contributed by atoms with Gasteiger partial charge in [0.15, 0.2) is 11.3 Å². The molecule has 2 aliphatic heterocycles. The van der Waals surface area contributed by atoms with E-state index in [-0.39, 0.29) is 17.9 Å². The Bertz CT molecular complexity index is 1160. The Morgan fingerprint density at radius 2 is 2.03 bits per heavy atom. The molecule has 10 heteroatoms. The number of aromatic nitrogens is 3. The van der Waals surface area contributed by atoms with Gasteiger partial charge in [0.2, 0.25) is 0 Å². The molecular formula is C21H20F3N5O2. The lowest BCUT2D eigenvalue weighted by Gasteiger charge is -2.48. The molecular weight excluding hydrogens is 411 g/mol. The van der Waals surface area contributed by atoms with E-state index >= 15 is 0 Å². The van der Waals surface area contributed by atoms with Gasteiger partial charge in [0.25, 0.3) is 5.91 Å². The largest absolute Gasteiger partial charge is 0.419 e. The molecule has 0 radical (unpaired) electrons. The average molecular weight is 431 g/mol. The number of rotatable bonds is 1. The van der Waals surface area contributed by atoms with E-state index in [2.05, 4.69) is 27.5 Å². The molecule has 0 bridgehead atoms. The van der Waals surface area contributed by atoms with Crippen LogP contribution in [0.4, 0.5) is 13.2 Å². The minimum atomic E-state index is -4.55. The zero-order valence-corrected chi connectivity index (χ0v) is 16.4. The first-order valence-electron chi connectivity index (χ1n) is 9.97. The van der Waals surface area contributed by atoms with Crippen molar-refractivity contribution in [3.05, 3.63) is 65.1 Å². The average Bonchev–Trinajstić information content (AvgIpc) is 3.18. The van der Waals surface area contributed by atoms with Gasteiger partial charge in [0.05, 0.1) is 17.2 Å². The molecule has 2 aromatic heterocycles. The van der Waals surface area contributed by atoms with Crippen LogP contribution in [-0.2, 0) is 19.1 Å². The molecule has 2 atom stereocenters. The second kappa shape index (κ2) is 7.03. The molecule has 31 heavy (non-hydrogen) atoms. The number of likely N-dealkylation sites (tertiary alicyclic amines) is 1. The molecule has 1 saturated heterocycles. The number of nitrogens with one attached hydrogen (secondary N) is 1. The van der Waals surface area contributed by atoms with E-state index in [1.54, 1.807) is 0 Å². The van der Waals surface area contributed by atoms with E-state index in [0.717, 1.165) is 10.7 Å². The summed E-state index contributed by atoms with van der Waals surface area (Å²) in [6.07, 6.45) is -2.59. The fraction of sp³-hybridized carbons (Fsp3) is 0.381. The summed E-state index contributed by atoms with van der Waals surface area (Å²) in [6, 6.07) is 9.43. The highest BCUT2D eigenvalue weighted by atomic mass is 19.4. The standard InChI is InChI=1S/C21H20F3N5O2/c22-21(23,24)15-10-25-18-7-16(27-29(18)11-15)19(31)28-6-5-20(17(30)12-28)8-13-3-1-2-4-14(13)9-26-20/h1-4,7,10-11,17,26,30H,5-6,8-9,12H2/t17-,20+/m1/s1. The lowest BCUT2D eigenvalue weighted by Crippen LogP contribution is -2.65. The van der Waals surface area contributed by atoms with Crippen molar-refractivity contribution in [3.63, 3.8) is 0 Å². The maximum absolute atomic E-state index is 12.9. The number of aliphatic hydroxyl groups excluding tert-OH is 1. The molecule has 162 valence electrons. The predicted octanol–water partition coefficient (Wildman–Crippen LogP) is 2.04. The molecule has 0 saturated carbocycles. The Balaban J connectivity index is 1.34. The number of amides is 1. The molecule has 2 N–H and O–H groups in total. The molecule has 1 fully saturated rings. The number of aliphatic hydroxyl groups is 1. The molecule has 7 nitrogen and oxygen atoms in total. The Kier molecular flexibility index (Phi) is 4.52. The zero-order valence-electron chi connectivity index (χ0n) is 16.4. The smallest absolute Gasteiger partial charge is 0.389 e. The van der Waals surface area contributed by atoms with Crippen LogP contribution < -0.4 is 5.32 Å². The second-order valence-electron chi connectivity index (χ2n) is 8.14. The van der Waals surface area contributed by atoms with Gasteiger partial charge in [-0.3, -0.25) is 4.79 Å². The van der Waals surface area contributed by atoms with E-state index < -0.39 is 29.3 Å². The number of carbonyl (C=O) groups excluding carboxylic acids is 1. The Labute approximate surface area is 175 Å². The summed E-state index contributed by atoms with van der Waals surface area (Å²) in [5.74, 6) is -0.441. The van der Waals surface area contributed by atoms with Crippen molar-refractivity contribution in [2.24, 2.45) is 0 Å². The molecule has 0 aliphatic carbocycles. The van der Waals surface area contributed by atoms with Gasteiger partial charge in [0, 0.05) is 38.1 Å². The first-order valence-corrected chi connectivity index (χ1v) is 9.97. The van der Waals surface area contributed by atoms with E-state index in [0.29, 0.717) is 32.1 Å². The Morgan fingerprint density at radius 1 is 1.26 bits per heavy atom. The molecule has 1 spiro atoms. The predicted molar refractivity (Wildman–Crippen MR) is 104 cm³/mol. The highest BCUT2D eigenvalue weighted by Crippen LogP contribution is 2.33. The maximum Gasteiger partial charge on any atom is 0.419 e. The van der Waals surface area contributed by atoms with Crippen molar-refractivity contribution in [2.45, 2.75) is 37.2 Å². The Hall–Kier alpha value is -2.98. The van der Waals surface area contributed by atoms with Gasteiger partial charge in [0.1, 0.15) is 0 Å². The SMILES string of the molecule is O=C(c1cc2ncc(C(F)(F)F)cn2n1)N1CC[C@]2(Cc3ccccc3CN2)[C@H](O)C1. The summed E-state index contributed by atoms with van der Waals surface area (Å²) in [4.78, 5) is 18.2. The number of alkyl halides is 3. The summed E-state index contributed by atoms with van der Waals surface area (Å²) >= 11 is 0. The zero-order chi connectivity index (χ0) is 21.8. The molecule has 5 rings (SSSR count). The molecule has 1 amide bonds. The highest BCUT2D eigenvalue weighted by molar-refractivity contribution is 5.93. The van der Waals surface area contributed by atoms with Crippen molar-refractivity contribution < 1.29 is 23.1 Å². The number of piperidine rings is 1.